The maximum atomic E-state index is 11.6. The van der Waals surface area contributed by atoms with Crippen LogP contribution in [0, 0.1) is 17.8 Å². The molecule has 3 aliphatic rings. The van der Waals surface area contributed by atoms with Crippen LogP contribution in [-0.4, -0.2) is 29.9 Å². The van der Waals surface area contributed by atoms with Crippen LogP contribution in [0.2, 0.25) is 0 Å². The summed E-state index contributed by atoms with van der Waals surface area (Å²) in [5.41, 5.74) is 3.82. The van der Waals surface area contributed by atoms with E-state index >= 15 is 0 Å². The summed E-state index contributed by atoms with van der Waals surface area (Å²) < 4.78 is 0. The van der Waals surface area contributed by atoms with Gasteiger partial charge in [0.05, 0.1) is 0 Å². The molecule has 3 atom stereocenters. The highest BCUT2D eigenvalue weighted by Gasteiger charge is 2.59. The van der Waals surface area contributed by atoms with Crippen molar-refractivity contribution in [3.63, 3.8) is 0 Å². The molecule has 4 heteroatoms. The van der Waals surface area contributed by atoms with Crippen LogP contribution >= 0.6 is 0 Å². The first-order valence-corrected chi connectivity index (χ1v) is 8.57. The van der Waals surface area contributed by atoms with Crippen molar-refractivity contribution < 1.29 is 4.79 Å². The van der Waals surface area contributed by atoms with Crippen LogP contribution in [0.25, 0.3) is 0 Å². The number of benzene rings is 1. The van der Waals surface area contributed by atoms with Gasteiger partial charge in [-0.3, -0.25) is 15.1 Å². The summed E-state index contributed by atoms with van der Waals surface area (Å²) in [4.78, 5) is 14.3. The number of piperidine rings is 1. The van der Waals surface area contributed by atoms with E-state index < -0.39 is 0 Å². The maximum Gasteiger partial charge on any atom is 0.237 e. The Kier molecular flexibility index (Phi) is 3.66. The standard InChI is InChI=1S/C18H25N3O/c19-20-18(22)17-15-10-21(11-16(15)17)14-8-6-13(7-9-14)12-4-2-1-3-5-12/h1-5,13-17H,6-11,19H2,(H,20,22)/t13?,14?,15-,16+,17?. The fraction of sp³-hybridized carbons (Fsp3) is 0.611. The van der Waals surface area contributed by atoms with Crippen LogP contribution in [0.15, 0.2) is 30.3 Å². The monoisotopic (exact) mass is 299 g/mol. The minimum Gasteiger partial charge on any atom is -0.300 e. The highest BCUT2D eigenvalue weighted by molar-refractivity contribution is 5.82. The Morgan fingerprint density at radius 2 is 1.68 bits per heavy atom. The molecule has 4 nitrogen and oxygen atoms in total. The van der Waals surface area contributed by atoms with Gasteiger partial charge in [-0.15, -0.1) is 0 Å². The average molecular weight is 299 g/mol. The molecule has 1 aromatic rings. The van der Waals surface area contributed by atoms with E-state index in [1.165, 1.54) is 31.2 Å². The number of hydrogen-bond acceptors (Lipinski definition) is 3. The number of fused-ring (bicyclic) bond motifs is 1. The number of hydrazine groups is 1. The van der Waals surface area contributed by atoms with Crippen LogP contribution in [0.1, 0.15) is 37.2 Å². The zero-order chi connectivity index (χ0) is 15.1. The van der Waals surface area contributed by atoms with E-state index in [2.05, 4.69) is 40.7 Å². The molecule has 0 bridgehead atoms. The molecule has 1 saturated heterocycles. The summed E-state index contributed by atoms with van der Waals surface area (Å²) in [6, 6.07) is 11.7. The van der Waals surface area contributed by atoms with E-state index in [-0.39, 0.29) is 11.8 Å². The van der Waals surface area contributed by atoms with E-state index in [1.807, 2.05) is 0 Å². The molecule has 118 valence electrons. The fourth-order valence-corrected chi connectivity index (χ4v) is 4.84. The number of nitrogens with two attached hydrogens (primary N) is 1. The largest absolute Gasteiger partial charge is 0.300 e. The lowest BCUT2D eigenvalue weighted by atomic mass is 9.81. The predicted molar refractivity (Wildman–Crippen MR) is 85.8 cm³/mol. The Labute approximate surface area is 132 Å². The third-order valence-corrected chi connectivity index (χ3v) is 6.15. The summed E-state index contributed by atoms with van der Waals surface area (Å²) in [5.74, 6) is 7.36. The van der Waals surface area contributed by atoms with Gasteiger partial charge in [0.25, 0.3) is 0 Å². The Bertz CT molecular complexity index is 527. The summed E-state index contributed by atoms with van der Waals surface area (Å²) in [6.45, 7) is 2.20. The quantitative estimate of drug-likeness (QED) is 0.509. The van der Waals surface area contributed by atoms with Gasteiger partial charge < -0.3 is 0 Å². The SMILES string of the molecule is NNC(=O)C1[C@H]2CN(C3CCC(c4ccccc4)CC3)C[C@@H]12. The van der Waals surface area contributed by atoms with Crippen molar-refractivity contribution in [3.05, 3.63) is 35.9 Å². The zero-order valence-electron chi connectivity index (χ0n) is 12.9. The van der Waals surface area contributed by atoms with E-state index in [0.29, 0.717) is 11.8 Å². The number of hydrogen-bond donors (Lipinski definition) is 2. The lowest BCUT2D eigenvalue weighted by molar-refractivity contribution is -0.123. The number of likely N-dealkylation sites (tertiary alicyclic amines) is 1. The van der Waals surface area contributed by atoms with E-state index in [9.17, 15) is 4.79 Å². The van der Waals surface area contributed by atoms with Gasteiger partial charge in [-0.1, -0.05) is 30.3 Å². The van der Waals surface area contributed by atoms with Crippen LogP contribution in [0.3, 0.4) is 0 Å². The molecule has 1 amide bonds. The average Bonchev–Trinajstić information content (AvgIpc) is 3.09. The van der Waals surface area contributed by atoms with Gasteiger partial charge in [-0.2, -0.15) is 0 Å². The van der Waals surface area contributed by atoms with Gasteiger partial charge >= 0.3 is 0 Å². The van der Waals surface area contributed by atoms with Crippen LogP contribution in [0.5, 0.6) is 0 Å². The number of carbonyl (C=O) groups is 1. The minimum atomic E-state index is 0.0439. The predicted octanol–water partition coefficient (Wildman–Crippen LogP) is 1.88. The molecule has 1 aliphatic heterocycles. The summed E-state index contributed by atoms with van der Waals surface area (Å²) in [7, 11) is 0. The zero-order valence-corrected chi connectivity index (χ0v) is 12.9. The molecule has 0 radical (unpaired) electrons. The molecule has 3 N–H and O–H groups in total. The number of nitrogens with one attached hydrogen (secondary N) is 1. The third kappa shape index (κ3) is 2.44. The van der Waals surface area contributed by atoms with Gasteiger partial charge in [-0.05, 0) is 49.0 Å². The van der Waals surface area contributed by atoms with Gasteiger partial charge in [0.1, 0.15) is 0 Å². The molecule has 1 heterocycles. The van der Waals surface area contributed by atoms with E-state index in [1.54, 1.807) is 0 Å². The molecule has 0 aromatic heterocycles. The van der Waals surface area contributed by atoms with Gasteiger partial charge in [0.15, 0.2) is 0 Å². The Morgan fingerprint density at radius 3 is 2.27 bits per heavy atom. The summed E-state index contributed by atoms with van der Waals surface area (Å²) >= 11 is 0. The smallest absolute Gasteiger partial charge is 0.237 e. The van der Waals surface area contributed by atoms with Gasteiger partial charge in [-0.25, -0.2) is 5.84 Å². The molecule has 4 rings (SSSR count). The van der Waals surface area contributed by atoms with Crippen LogP contribution in [0.4, 0.5) is 0 Å². The highest BCUT2D eigenvalue weighted by atomic mass is 16.2. The molecule has 3 fully saturated rings. The molecule has 1 unspecified atom stereocenters. The first-order chi connectivity index (χ1) is 10.8. The van der Waals surface area contributed by atoms with Crippen molar-refractivity contribution in [1.82, 2.24) is 10.3 Å². The van der Waals surface area contributed by atoms with E-state index in [4.69, 9.17) is 5.84 Å². The van der Waals surface area contributed by atoms with Crippen molar-refractivity contribution in [3.8, 4) is 0 Å². The molecular formula is C18H25N3O. The van der Waals surface area contributed by atoms with Crippen LogP contribution in [-0.2, 0) is 4.79 Å². The first-order valence-electron chi connectivity index (χ1n) is 8.57. The summed E-state index contributed by atoms with van der Waals surface area (Å²) in [5, 5.41) is 0. The van der Waals surface area contributed by atoms with Crippen LogP contribution < -0.4 is 11.3 Å². The van der Waals surface area contributed by atoms with Gasteiger partial charge in [0.2, 0.25) is 5.91 Å². The third-order valence-electron chi connectivity index (χ3n) is 6.15. The Balaban J connectivity index is 1.29. The molecular weight excluding hydrogens is 274 g/mol. The van der Waals surface area contributed by atoms with Crippen molar-refractivity contribution >= 4 is 5.91 Å². The molecule has 1 aromatic carbocycles. The van der Waals surface area contributed by atoms with E-state index in [0.717, 1.165) is 25.0 Å². The second-order valence-electron chi connectivity index (χ2n) is 7.23. The number of carbonyl (C=O) groups excluding carboxylic acids is 1. The van der Waals surface area contributed by atoms with Crippen molar-refractivity contribution in [2.45, 2.75) is 37.6 Å². The molecule has 2 aliphatic carbocycles. The normalized spacial score (nSPS) is 37.6. The Hall–Kier alpha value is -1.39. The molecule has 0 spiro atoms. The molecule has 22 heavy (non-hydrogen) atoms. The highest BCUT2D eigenvalue weighted by Crippen LogP contribution is 2.53. The number of amides is 1. The second kappa shape index (κ2) is 5.67. The Morgan fingerprint density at radius 1 is 1.05 bits per heavy atom. The second-order valence-corrected chi connectivity index (χ2v) is 7.23. The summed E-state index contributed by atoms with van der Waals surface area (Å²) in [6.07, 6.45) is 5.19. The lowest BCUT2D eigenvalue weighted by Crippen LogP contribution is -2.40. The first kappa shape index (κ1) is 14.2. The maximum absolute atomic E-state index is 11.6. The lowest BCUT2D eigenvalue weighted by Gasteiger charge is -2.36. The fourth-order valence-electron chi connectivity index (χ4n) is 4.84. The molecule has 2 saturated carbocycles. The number of rotatable bonds is 3. The van der Waals surface area contributed by atoms with Crippen molar-refractivity contribution in [2.24, 2.45) is 23.6 Å². The van der Waals surface area contributed by atoms with Crippen molar-refractivity contribution in [2.75, 3.05) is 13.1 Å². The topological polar surface area (TPSA) is 58.4 Å². The van der Waals surface area contributed by atoms with Crippen molar-refractivity contribution in [1.29, 1.82) is 0 Å². The van der Waals surface area contributed by atoms with Gasteiger partial charge in [0, 0.05) is 25.0 Å². The number of nitrogens with zero attached hydrogens (tertiary/aromatic N) is 1. The minimum absolute atomic E-state index is 0.0439.